The summed E-state index contributed by atoms with van der Waals surface area (Å²) < 4.78 is 0. The molecule has 0 unspecified atom stereocenters. The average Bonchev–Trinajstić information content (AvgIpc) is 2.85. The van der Waals surface area contributed by atoms with Crippen LogP contribution in [0.2, 0.25) is 0 Å². The van der Waals surface area contributed by atoms with Gasteiger partial charge in [-0.05, 0) is 43.9 Å². The number of aliphatic carboxylic acids is 1. The molecule has 2 amide bonds. The van der Waals surface area contributed by atoms with Crippen LogP contribution in [0.1, 0.15) is 40.0 Å². The molecular weight excluding hydrogens is 310 g/mol. The molecule has 7 nitrogen and oxygen atoms in total. The molecule has 0 fully saturated rings. The number of nitrogens with two attached hydrogens (primary N) is 1. The number of amides is 2. The van der Waals surface area contributed by atoms with Gasteiger partial charge in [-0.3, -0.25) is 9.59 Å². The van der Waals surface area contributed by atoms with Crippen molar-refractivity contribution in [2.24, 2.45) is 5.73 Å². The predicted octanol–water partition coefficient (Wildman–Crippen LogP) is 1.54. The van der Waals surface area contributed by atoms with Gasteiger partial charge in [-0.2, -0.15) is 0 Å². The third-order valence-corrected chi connectivity index (χ3v) is 4.13. The van der Waals surface area contributed by atoms with Crippen molar-refractivity contribution in [3.8, 4) is 0 Å². The topological polar surface area (TPSA) is 125 Å². The van der Waals surface area contributed by atoms with Crippen LogP contribution < -0.4 is 11.1 Å². The van der Waals surface area contributed by atoms with E-state index in [1.54, 1.807) is 0 Å². The Morgan fingerprint density at radius 1 is 1.21 bits per heavy atom. The van der Waals surface area contributed by atoms with Gasteiger partial charge in [-0.1, -0.05) is 12.1 Å². The molecule has 0 radical (unpaired) electrons. The van der Waals surface area contributed by atoms with E-state index in [1.165, 1.54) is 0 Å². The van der Waals surface area contributed by atoms with Crippen LogP contribution in [0.15, 0.2) is 12.1 Å². The number of carbonyl (C=O) groups is 3. The van der Waals surface area contributed by atoms with E-state index in [4.69, 9.17) is 5.73 Å². The standard InChI is InChI=1S/C17H21N3O4/c1-8-4-5-9(2)14-13(8)10(3)15(20-14)16(22)19-11(17(23)24)6-7-12(18)21/h4-5,11,20H,6-7H2,1-3H3,(H2,18,21)(H,19,22)(H,23,24)/t11-/m0/s1. The summed E-state index contributed by atoms with van der Waals surface area (Å²) in [4.78, 5) is 37.7. The number of rotatable bonds is 6. The second-order valence-electron chi connectivity index (χ2n) is 5.94. The molecule has 0 bridgehead atoms. The molecule has 1 aromatic heterocycles. The number of nitrogens with one attached hydrogen (secondary N) is 2. The van der Waals surface area contributed by atoms with Gasteiger partial charge in [0, 0.05) is 17.3 Å². The van der Waals surface area contributed by atoms with E-state index < -0.39 is 23.8 Å². The minimum absolute atomic E-state index is 0.0479. The third-order valence-electron chi connectivity index (χ3n) is 4.13. The molecule has 0 aliphatic heterocycles. The first kappa shape index (κ1) is 17.5. The summed E-state index contributed by atoms with van der Waals surface area (Å²) in [5, 5.41) is 12.6. The molecule has 7 heteroatoms. The predicted molar refractivity (Wildman–Crippen MR) is 89.8 cm³/mol. The van der Waals surface area contributed by atoms with E-state index in [2.05, 4.69) is 10.3 Å². The largest absolute Gasteiger partial charge is 0.480 e. The molecule has 0 saturated heterocycles. The SMILES string of the molecule is Cc1ccc(C)c2c(C)c(C(=O)N[C@@H](CCC(N)=O)C(=O)O)[nH]c12. The monoisotopic (exact) mass is 331 g/mol. The number of carboxylic acid groups (broad SMARTS) is 1. The normalized spacial score (nSPS) is 12.1. The fourth-order valence-corrected chi connectivity index (χ4v) is 2.80. The molecule has 0 saturated carbocycles. The highest BCUT2D eigenvalue weighted by atomic mass is 16.4. The van der Waals surface area contributed by atoms with Gasteiger partial charge in [-0.25, -0.2) is 4.79 Å². The molecule has 0 spiro atoms. The molecule has 1 aromatic carbocycles. The Kier molecular flexibility index (Phi) is 4.92. The zero-order valence-corrected chi connectivity index (χ0v) is 13.9. The van der Waals surface area contributed by atoms with Gasteiger partial charge >= 0.3 is 5.97 Å². The minimum atomic E-state index is -1.20. The van der Waals surface area contributed by atoms with Crippen LogP contribution in [0.5, 0.6) is 0 Å². The Morgan fingerprint density at radius 3 is 2.38 bits per heavy atom. The summed E-state index contributed by atoms with van der Waals surface area (Å²) in [5.74, 6) is -2.33. The summed E-state index contributed by atoms with van der Waals surface area (Å²) in [5.41, 5.74) is 9.03. The number of hydrogen-bond donors (Lipinski definition) is 4. The van der Waals surface area contributed by atoms with Crippen molar-refractivity contribution in [2.75, 3.05) is 0 Å². The molecule has 0 aliphatic rings. The molecular formula is C17H21N3O4. The summed E-state index contributed by atoms with van der Waals surface area (Å²) in [7, 11) is 0. The van der Waals surface area contributed by atoms with Crippen LogP contribution in [-0.4, -0.2) is 33.9 Å². The molecule has 5 N–H and O–H groups in total. The Morgan fingerprint density at radius 2 is 1.83 bits per heavy atom. The number of aryl methyl sites for hydroxylation is 3. The first-order valence-corrected chi connectivity index (χ1v) is 7.62. The van der Waals surface area contributed by atoms with Crippen LogP contribution in [0, 0.1) is 20.8 Å². The van der Waals surface area contributed by atoms with E-state index in [-0.39, 0.29) is 12.8 Å². The van der Waals surface area contributed by atoms with Crippen molar-refractivity contribution in [3.05, 3.63) is 34.5 Å². The number of primary amides is 1. The molecule has 1 atom stereocenters. The average molecular weight is 331 g/mol. The maximum atomic E-state index is 12.5. The molecule has 2 aromatic rings. The van der Waals surface area contributed by atoms with Gasteiger partial charge in [0.15, 0.2) is 0 Å². The second-order valence-corrected chi connectivity index (χ2v) is 5.94. The van der Waals surface area contributed by atoms with Crippen LogP contribution in [0.3, 0.4) is 0 Å². The first-order chi connectivity index (χ1) is 11.2. The van der Waals surface area contributed by atoms with Crippen LogP contribution >= 0.6 is 0 Å². The number of H-pyrrole nitrogens is 1. The zero-order chi connectivity index (χ0) is 18.0. The highest BCUT2D eigenvalue weighted by molar-refractivity contribution is 6.03. The lowest BCUT2D eigenvalue weighted by atomic mass is 10.0. The molecule has 24 heavy (non-hydrogen) atoms. The van der Waals surface area contributed by atoms with E-state index >= 15 is 0 Å². The lowest BCUT2D eigenvalue weighted by Gasteiger charge is -2.13. The maximum absolute atomic E-state index is 12.5. The highest BCUT2D eigenvalue weighted by Crippen LogP contribution is 2.27. The zero-order valence-electron chi connectivity index (χ0n) is 13.9. The number of aromatic amines is 1. The van der Waals surface area contributed by atoms with Crippen molar-refractivity contribution < 1.29 is 19.5 Å². The fraction of sp³-hybridized carbons (Fsp3) is 0.353. The van der Waals surface area contributed by atoms with Crippen LogP contribution in [0.4, 0.5) is 0 Å². The van der Waals surface area contributed by atoms with Gasteiger partial charge < -0.3 is 21.1 Å². The third kappa shape index (κ3) is 3.40. The Balaban J connectivity index is 2.32. The lowest BCUT2D eigenvalue weighted by molar-refractivity contribution is -0.139. The van der Waals surface area contributed by atoms with E-state index in [1.807, 2.05) is 32.9 Å². The van der Waals surface area contributed by atoms with Gasteiger partial charge in [0.2, 0.25) is 5.91 Å². The van der Waals surface area contributed by atoms with Gasteiger partial charge in [0.25, 0.3) is 5.91 Å². The molecule has 1 heterocycles. The van der Waals surface area contributed by atoms with Crippen molar-refractivity contribution in [1.29, 1.82) is 0 Å². The van der Waals surface area contributed by atoms with Crippen molar-refractivity contribution in [1.82, 2.24) is 10.3 Å². The molecule has 0 aliphatic carbocycles. The Bertz CT molecular complexity index is 823. The van der Waals surface area contributed by atoms with Crippen LogP contribution in [0.25, 0.3) is 10.9 Å². The summed E-state index contributed by atoms with van der Waals surface area (Å²) in [6, 6.07) is 2.77. The Labute approximate surface area is 139 Å². The molecule has 2 rings (SSSR count). The highest BCUT2D eigenvalue weighted by Gasteiger charge is 2.24. The quantitative estimate of drug-likeness (QED) is 0.640. The lowest BCUT2D eigenvalue weighted by Crippen LogP contribution is -2.41. The maximum Gasteiger partial charge on any atom is 0.326 e. The fourth-order valence-electron chi connectivity index (χ4n) is 2.80. The molecule has 128 valence electrons. The number of aromatic nitrogens is 1. The van der Waals surface area contributed by atoms with E-state index in [9.17, 15) is 19.5 Å². The summed E-state index contributed by atoms with van der Waals surface area (Å²) >= 11 is 0. The van der Waals surface area contributed by atoms with Crippen molar-refractivity contribution in [2.45, 2.75) is 39.7 Å². The smallest absolute Gasteiger partial charge is 0.326 e. The van der Waals surface area contributed by atoms with Crippen molar-refractivity contribution >= 4 is 28.7 Å². The number of carboxylic acids is 1. The van der Waals surface area contributed by atoms with Gasteiger partial charge in [0.05, 0.1) is 0 Å². The Hall–Kier alpha value is -2.83. The second kappa shape index (κ2) is 6.74. The van der Waals surface area contributed by atoms with Gasteiger partial charge in [0.1, 0.15) is 11.7 Å². The van der Waals surface area contributed by atoms with E-state index in [0.29, 0.717) is 5.69 Å². The number of fused-ring (bicyclic) bond motifs is 1. The number of carbonyl (C=O) groups excluding carboxylic acids is 2. The van der Waals surface area contributed by atoms with Crippen LogP contribution in [-0.2, 0) is 9.59 Å². The number of hydrogen-bond acceptors (Lipinski definition) is 3. The van der Waals surface area contributed by atoms with E-state index in [0.717, 1.165) is 27.6 Å². The summed E-state index contributed by atoms with van der Waals surface area (Å²) in [6.07, 6.45) is -0.158. The summed E-state index contributed by atoms with van der Waals surface area (Å²) in [6.45, 7) is 5.71. The first-order valence-electron chi connectivity index (χ1n) is 7.62. The minimum Gasteiger partial charge on any atom is -0.480 e. The van der Waals surface area contributed by atoms with Crippen molar-refractivity contribution in [3.63, 3.8) is 0 Å². The van der Waals surface area contributed by atoms with Gasteiger partial charge in [-0.15, -0.1) is 0 Å². The number of benzene rings is 1.